The predicted octanol–water partition coefficient (Wildman–Crippen LogP) is 6.54. The first kappa shape index (κ1) is 22.3. The number of halogens is 1. The maximum Gasteiger partial charge on any atom is 0.255 e. The average molecular weight is 433 g/mol. The normalized spacial score (nSPS) is 11.4. The second-order valence-electron chi connectivity index (χ2n) is 8.21. The Hall–Kier alpha value is -3.37. The zero-order chi connectivity index (χ0) is 22.4. The molecule has 0 radical (unpaired) electrons. The van der Waals surface area contributed by atoms with Crippen LogP contribution < -0.4 is 10.6 Å². The molecule has 0 heterocycles. The number of hydrogen-bond donors (Lipinski definition) is 2. The van der Waals surface area contributed by atoms with E-state index in [1.165, 1.54) is 11.6 Å². The maximum absolute atomic E-state index is 12.6. The lowest BCUT2D eigenvalue weighted by atomic mass is 9.87. The van der Waals surface area contributed by atoms with E-state index in [0.29, 0.717) is 22.0 Å². The fourth-order valence-electron chi connectivity index (χ4n) is 2.96. The standard InChI is InChI=1S/C26H25ClN2O2/c1-26(2,3)20-14-11-19(12-15-20)25(31)29-22-9-6-8-21(17-22)28-24(30)16-13-18-7-4-5-10-23(18)27/h4-17H,1-3H3,(H,28,30)(H,29,31)/b16-13+. The molecular formula is C26H25ClN2O2. The third-order valence-corrected chi connectivity index (χ3v) is 5.06. The van der Waals surface area contributed by atoms with Crippen LogP contribution in [0.3, 0.4) is 0 Å². The van der Waals surface area contributed by atoms with Crippen LogP contribution in [0.15, 0.2) is 78.9 Å². The number of hydrogen-bond acceptors (Lipinski definition) is 2. The van der Waals surface area contributed by atoms with Crippen LogP contribution in [-0.2, 0) is 10.2 Å². The van der Waals surface area contributed by atoms with Crippen molar-refractivity contribution in [2.24, 2.45) is 0 Å². The van der Waals surface area contributed by atoms with Crippen LogP contribution in [0.2, 0.25) is 5.02 Å². The Kier molecular flexibility index (Phi) is 6.93. The summed E-state index contributed by atoms with van der Waals surface area (Å²) in [5.74, 6) is -0.497. The number of amides is 2. The summed E-state index contributed by atoms with van der Waals surface area (Å²) in [7, 11) is 0. The number of carbonyl (C=O) groups is 2. The zero-order valence-electron chi connectivity index (χ0n) is 17.8. The quantitative estimate of drug-likeness (QED) is 0.449. The van der Waals surface area contributed by atoms with Crippen molar-refractivity contribution in [1.29, 1.82) is 0 Å². The van der Waals surface area contributed by atoms with E-state index in [1.54, 1.807) is 36.4 Å². The largest absolute Gasteiger partial charge is 0.322 e. The van der Waals surface area contributed by atoms with Gasteiger partial charge in [0.1, 0.15) is 0 Å². The molecule has 0 atom stereocenters. The van der Waals surface area contributed by atoms with Crippen LogP contribution in [0.4, 0.5) is 11.4 Å². The van der Waals surface area contributed by atoms with Gasteiger partial charge in [0.2, 0.25) is 5.91 Å². The van der Waals surface area contributed by atoms with Crippen molar-refractivity contribution in [3.63, 3.8) is 0 Å². The Morgan fingerprint density at radius 1 is 0.839 bits per heavy atom. The van der Waals surface area contributed by atoms with Gasteiger partial charge in [-0.3, -0.25) is 9.59 Å². The number of rotatable bonds is 5. The molecule has 0 fully saturated rings. The lowest BCUT2D eigenvalue weighted by Gasteiger charge is -2.19. The van der Waals surface area contributed by atoms with Crippen molar-refractivity contribution in [2.45, 2.75) is 26.2 Å². The molecule has 0 bridgehead atoms. The average Bonchev–Trinajstić information content (AvgIpc) is 2.73. The molecule has 158 valence electrons. The summed E-state index contributed by atoms with van der Waals surface area (Å²) >= 11 is 6.10. The Labute approximate surface area is 188 Å². The second kappa shape index (κ2) is 9.63. The first-order valence-electron chi connectivity index (χ1n) is 9.98. The molecule has 4 nitrogen and oxygen atoms in total. The SMILES string of the molecule is CC(C)(C)c1ccc(C(=O)Nc2cccc(NC(=O)/C=C/c3ccccc3Cl)c2)cc1. The minimum atomic E-state index is -0.291. The fourth-order valence-corrected chi connectivity index (χ4v) is 3.16. The van der Waals surface area contributed by atoms with Crippen LogP contribution in [0, 0.1) is 0 Å². The molecule has 2 amide bonds. The Morgan fingerprint density at radius 3 is 2.13 bits per heavy atom. The molecule has 3 aromatic rings. The highest BCUT2D eigenvalue weighted by atomic mass is 35.5. The molecule has 0 aliphatic rings. The number of nitrogens with one attached hydrogen (secondary N) is 2. The highest BCUT2D eigenvalue weighted by Crippen LogP contribution is 2.23. The Balaban J connectivity index is 1.64. The molecule has 2 N–H and O–H groups in total. The molecule has 0 saturated carbocycles. The molecule has 0 aromatic heterocycles. The summed E-state index contributed by atoms with van der Waals surface area (Å²) in [6, 6.07) is 21.9. The van der Waals surface area contributed by atoms with Crippen molar-refractivity contribution in [3.8, 4) is 0 Å². The van der Waals surface area contributed by atoms with Gasteiger partial charge in [-0.15, -0.1) is 0 Å². The molecule has 0 aliphatic carbocycles. The first-order chi connectivity index (χ1) is 14.7. The van der Waals surface area contributed by atoms with Crippen molar-refractivity contribution in [1.82, 2.24) is 0 Å². The molecule has 0 saturated heterocycles. The lowest BCUT2D eigenvalue weighted by Crippen LogP contribution is -2.14. The van der Waals surface area contributed by atoms with Crippen molar-refractivity contribution < 1.29 is 9.59 Å². The van der Waals surface area contributed by atoms with Gasteiger partial charge in [-0.25, -0.2) is 0 Å². The highest BCUT2D eigenvalue weighted by molar-refractivity contribution is 6.32. The van der Waals surface area contributed by atoms with E-state index >= 15 is 0 Å². The van der Waals surface area contributed by atoms with Gasteiger partial charge < -0.3 is 10.6 Å². The molecule has 31 heavy (non-hydrogen) atoms. The molecule has 0 spiro atoms. The van der Waals surface area contributed by atoms with E-state index in [9.17, 15) is 9.59 Å². The topological polar surface area (TPSA) is 58.2 Å². The predicted molar refractivity (Wildman–Crippen MR) is 129 cm³/mol. The second-order valence-corrected chi connectivity index (χ2v) is 8.61. The number of carbonyl (C=O) groups excluding carboxylic acids is 2. The van der Waals surface area contributed by atoms with Gasteiger partial charge in [0.05, 0.1) is 0 Å². The molecule has 0 unspecified atom stereocenters. The molecule has 3 rings (SSSR count). The van der Waals surface area contributed by atoms with Gasteiger partial charge in [-0.1, -0.05) is 68.8 Å². The van der Waals surface area contributed by atoms with Gasteiger partial charge in [0.25, 0.3) is 5.91 Å². The van der Waals surface area contributed by atoms with Crippen LogP contribution in [0.5, 0.6) is 0 Å². The first-order valence-corrected chi connectivity index (χ1v) is 10.4. The Morgan fingerprint density at radius 2 is 1.48 bits per heavy atom. The summed E-state index contributed by atoms with van der Waals surface area (Å²) < 4.78 is 0. The smallest absolute Gasteiger partial charge is 0.255 e. The molecule has 3 aromatic carbocycles. The van der Waals surface area contributed by atoms with Gasteiger partial charge in [-0.2, -0.15) is 0 Å². The van der Waals surface area contributed by atoms with Gasteiger partial charge >= 0.3 is 0 Å². The minimum Gasteiger partial charge on any atom is -0.322 e. The number of anilines is 2. The summed E-state index contributed by atoms with van der Waals surface area (Å²) in [4.78, 5) is 24.8. The summed E-state index contributed by atoms with van der Waals surface area (Å²) in [6.45, 7) is 6.39. The van der Waals surface area contributed by atoms with Crippen LogP contribution in [-0.4, -0.2) is 11.8 Å². The van der Waals surface area contributed by atoms with Crippen LogP contribution >= 0.6 is 11.6 Å². The zero-order valence-corrected chi connectivity index (χ0v) is 18.5. The van der Waals surface area contributed by atoms with Crippen LogP contribution in [0.25, 0.3) is 6.08 Å². The summed E-state index contributed by atoms with van der Waals surface area (Å²) in [6.07, 6.45) is 3.08. The van der Waals surface area contributed by atoms with E-state index in [-0.39, 0.29) is 17.2 Å². The molecular weight excluding hydrogens is 408 g/mol. The monoisotopic (exact) mass is 432 g/mol. The molecule has 5 heteroatoms. The summed E-state index contributed by atoms with van der Waals surface area (Å²) in [5.41, 5.74) is 3.70. The Bertz CT molecular complexity index is 1110. The van der Waals surface area contributed by atoms with E-state index in [0.717, 1.165) is 5.56 Å². The lowest BCUT2D eigenvalue weighted by molar-refractivity contribution is -0.111. The van der Waals surface area contributed by atoms with Crippen molar-refractivity contribution in [3.05, 3.63) is 101 Å². The van der Waals surface area contributed by atoms with Crippen molar-refractivity contribution >= 4 is 40.9 Å². The van der Waals surface area contributed by atoms with Gasteiger partial charge in [-0.05, 0) is 59.0 Å². The minimum absolute atomic E-state index is 0.0296. The third-order valence-electron chi connectivity index (χ3n) is 4.72. The van der Waals surface area contributed by atoms with E-state index in [4.69, 9.17) is 11.6 Å². The van der Waals surface area contributed by atoms with E-state index in [1.807, 2.05) is 42.5 Å². The third kappa shape index (κ3) is 6.30. The van der Waals surface area contributed by atoms with E-state index in [2.05, 4.69) is 31.4 Å². The van der Waals surface area contributed by atoms with E-state index < -0.39 is 0 Å². The fraction of sp³-hybridized carbons (Fsp3) is 0.154. The van der Waals surface area contributed by atoms with Crippen LogP contribution in [0.1, 0.15) is 42.3 Å². The van der Waals surface area contributed by atoms with Gasteiger partial charge in [0, 0.05) is 28.0 Å². The van der Waals surface area contributed by atoms with Gasteiger partial charge in [0.15, 0.2) is 0 Å². The summed E-state index contributed by atoms with van der Waals surface area (Å²) in [5, 5.41) is 6.23. The number of benzene rings is 3. The maximum atomic E-state index is 12.6. The highest BCUT2D eigenvalue weighted by Gasteiger charge is 2.14. The molecule has 0 aliphatic heterocycles. The van der Waals surface area contributed by atoms with Crippen molar-refractivity contribution in [2.75, 3.05) is 10.6 Å².